The van der Waals surface area contributed by atoms with Gasteiger partial charge in [0.2, 0.25) is 17.7 Å². The number of halogens is 1. The molecule has 7 nitrogen and oxygen atoms in total. The van der Waals surface area contributed by atoms with Crippen molar-refractivity contribution in [1.82, 2.24) is 9.80 Å². The Morgan fingerprint density at radius 2 is 2.00 bits per heavy atom. The molecule has 0 aromatic heterocycles. The number of methoxy groups -OCH3 is 1. The molecule has 3 amide bonds. The van der Waals surface area contributed by atoms with Gasteiger partial charge in [-0.1, -0.05) is 36.7 Å². The van der Waals surface area contributed by atoms with Crippen LogP contribution >= 0.6 is 11.6 Å². The predicted octanol–water partition coefficient (Wildman–Crippen LogP) is 2.98. The molecule has 2 saturated heterocycles. The highest BCUT2D eigenvalue weighted by atomic mass is 35.5. The van der Waals surface area contributed by atoms with Crippen molar-refractivity contribution < 1.29 is 23.9 Å². The second kappa shape index (κ2) is 10.6. The number of benzene rings is 1. The first-order chi connectivity index (χ1) is 15.3. The summed E-state index contributed by atoms with van der Waals surface area (Å²) in [6, 6.07) is 6.91. The number of piperidine rings is 1. The van der Waals surface area contributed by atoms with Gasteiger partial charge < -0.3 is 9.64 Å². The number of ketones is 1. The fourth-order valence-corrected chi connectivity index (χ4v) is 5.13. The largest absolute Gasteiger partial charge is 0.385 e. The van der Waals surface area contributed by atoms with E-state index in [-0.39, 0.29) is 42.9 Å². The minimum absolute atomic E-state index is 0.0978. The average Bonchev–Trinajstić information content (AvgIpc) is 3.03. The Morgan fingerprint density at radius 3 is 2.69 bits per heavy atom. The van der Waals surface area contributed by atoms with Crippen LogP contribution in [0.3, 0.4) is 0 Å². The molecule has 0 N–H and O–H groups in total. The molecule has 2 fully saturated rings. The maximum absolute atomic E-state index is 13.6. The number of likely N-dealkylation sites (tertiary alicyclic amines) is 2. The summed E-state index contributed by atoms with van der Waals surface area (Å²) in [4.78, 5) is 55.0. The third-order valence-corrected chi connectivity index (χ3v) is 6.89. The number of nitrogens with zero attached hydrogens (tertiary/aromatic N) is 2. The smallest absolute Gasteiger partial charge is 0.240 e. The highest BCUT2D eigenvalue weighted by molar-refractivity contribution is 6.32. The van der Waals surface area contributed by atoms with E-state index in [9.17, 15) is 19.2 Å². The van der Waals surface area contributed by atoms with Crippen LogP contribution in [0.5, 0.6) is 0 Å². The lowest BCUT2D eigenvalue weighted by molar-refractivity contribution is -0.144. The Bertz CT molecular complexity index is 889. The molecule has 32 heavy (non-hydrogen) atoms. The fourth-order valence-electron chi connectivity index (χ4n) is 4.81. The van der Waals surface area contributed by atoms with Gasteiger partial charge in [-0.05, 0) is 30.9 Å². The van der Waals surface area contributed by atoms with Crippen molar-refractivity contribution in [3.63, 3.8) is 0 Å². The molecular formula is C24H31ClN2O5. The molecule has 2 heterocycles. The van der Waals surface area contributed by atoms with E-state index in [0.29, 0.717) is 43.1 Å². The Morgan fingerprint density at radius 1 is 1.25 bits per heavy atom. The van der Waals surface area contributed by atoms with Gasteiger partial charge in [0.25, 0.3) is 0 Å². The van der Waals surface area contributed by atoms with Crippen LogP contribution in [-0.2, 0) is 29.3 Å². The van der Waals surface area contributed by atoms with Crippen molar-refractivity contribution in [1.29, 1.82) is 0 Å². The fraction of sp³-hybridized carbons (Fsp3) is 0.583. The van der Waals surface area contributed by atoms with Crippen LogP contribution in [0.4, 0.5) is 0 Å². The number of ether oxygens (including phenoxy) is 1. The first-order valence-corrected chi connectivity index (χ1v) is 11.6. The van der Waals surface area contributed by atoms with Gasteiger partial charge in [-0.25, -0.2) is 0 Å². The van der Waals surface area contributed by atoms with Crippen molar-refractivity contribution in [2.75, 3.05) is 33.4 Å². The second-order valence-electron chi connectivity index (χ2n) is 8.61. The molecule has 2 unspecified atom stereocenters. The van der Waals surface area contributed by atoms with Crippen molar-refractivity contribution in [3.8, 4) is 0 Å². The first-order valence-electron chi connectivity index (χ1n) is 11.2. The lowest BCUT2D eigenvalue weighted by atomic mass is 9.75. The van der Waals surface area contributed by atoms with Gasteiger partial charge in [-0.15, -0.1) is 0 Å². The Hall–Kier alpha value is -2.25. The number of hydrogen-bond acceptors (Lipinski definition) is 5. The van der Waals surface area contributed by atoms with Gasteiger partial charge in [0.1, 0.15) is 5.78 Å². The summed E-state index contributed by atoms with van der Waals surface area (Å²) in [7, 11) is 1.56. The molecule has 2 aliphatic heterocycles. The van der Waals surface area contributed by atoms with E-state index in [0.717, 1.165) is 12.8 Å². The number of Topliss-reactive ketones (excluding diaryl/α,β-unsaturated/α-hetero) is 1. The van der Waals surface area contributed by atoms with Crippen LogP contribution in [-0.4, -0.2) is 66.7 Å². The van der Waals surface area contributed by atoms with Gasteiger partial charge in [0.15, 0.2) is 0 Å². The van der Waals surface area contributed by atoms with Crippen molar-refractivity contribution in [2.24, 2.45) is 5.92 Å². The molecule has 0 spiro atoms. The van der Waals surface area contributed by atoms with Gasteiger partial charge in [0, 0.05) is 63.6 Å². The Labute approximate surface area is 194 Å². The Kier molecular flexibility index (Phi) is 8.06. The summed E-state index contributed by atoms with van der Waals surface area (Å²) in [6.07, 6.45) is 2.25. The number of imide groups is 1. The summed E-state index contributed by atoms with van der Waals surface area (Å²) < 4.78 is 5.05. The van der Waals surface area contributed by atoms with Crippen molar-refractivity contribution in [3.05, 3.63) is 34.9 Å². The SMILES string of the molecule is CCC(=O)C1CCCN(C(=O)CC2(c3ccccc3Cl)CC(=O)N(CCCOC)C2=O)C1. The molecule has 2 atom stereocenters. The van der Waals surface area contributed by atoms with Crippen molar-refractivity contribution >= 4 is 35.1 Å². The standard InChI is InChI=1S/C24H31ClN2O5/c1-3-20(28)17-8-6-11-26(16-17)21(29)14-24(18-9-4-5-10-19(18)25)15-22(30)27(23(24)31)12-7-13-32-2/h4-5,9-10,17H,3,6-8,11-16H2,1-2H3. The zero-order valence-electron chi connectivity index (χ0n) is 18.8. The number of hydrogen-bond donors (Lipinski definition) is 0. The third kappa shape index (κ3) is 4.89. The summed E-state index contributed by atoms with van der Waals surface area (Å²) in [5, 5.41) is 0.359. The summed E-state index contributed by atoms with van der Waals surface area (Å²) in [5.41, 5.74) is -0.831. The minimum atomic E-state index is -1.33. The molecule has 0 bridgehead atoms. The molecule has 3 rings (SSSR count). The van der Waals surface area contributed by atoms with E-state index in [1.165, 1.54) is 4.90 Å². The van der Waals surface area contributed by atoms with E-state index in [1.807, 2.05) is 6.92 Å². The van der Waals surface area contributed by atoms with Crippen LogP contribution < -0.4 is 0 Å². The maximum atomic E-state index is 13.6. The third-order valence-electron chi connectivity index (χ3n) is 6.56. The number of amides is 3. The normalized spacial score (nSPS) is 23.7. The molecule has 0 radical (unpaired) electrons. The van der Waals surface area contributed by atoms with E-state index in [2.05, 4.69) is 0 Å². The number of carbonyl (C=O) groups is 4. The molecule has 1 aromatic carbocycles. The van der Waals surface area contributed by atoms with Crippen LogP contribution in [0.1, 0.15) is 51.0 Å². The molecule has 0 aliphatic carbocycles. The van der Waals surface area contributed by atoms with Crippen molar-refractivity contribution in [2.45, 2.75) is 50.9 Å². The lowest BCUT2D eigenvalue weighted by Crippen LogP contribution is -2.47. The highest BCUT2D eigenvalue weighted by Crippen LogP contribution is 2.43. The van der Waals surface area contributed by atoms with Crippen LogP contribution in [0, 0.1) is 5.92 Å². The lowest BCUT2D eigenvalue weighted by Gasteiger charge is -2.35. The van der Waals surface area contributed by atoms with E-state index >= 15 is 0 Å². The van der Waals surface area contributed by atoms with E-state index in [1.54, 1.807) is 36.3 Å². The molecule has 174 valence electrons. The van der Waals surface area contributed by atoms with Gasteiger partial charge in [-0.3, -0.25) is 24.1 Å². The van der Waals surface area contributed by atoms with Crippen LogP contribution in [0.25, 0.3) is 0 Å². The van der Waals surface area contributed by atoms with Crippen LogP contribution in [0.2, 0.25) is 5.02 Å². The summed E-state index contributed by atoms with van der Waals surface area (Å²) >= 11 is 6.46. The van der Waals surface area contributed by atoms with Crippen LogP contribution in [0.15, 0.2) is 24.3 Å². The molecular weight excluding hydrogens is 432 g/mol. The first kappa shape index (κ1) is 24.4. The van der Waals surface area contributed by atoms with E-state index in [4.69, 9.17) is 16.3 Å². The quantitative estimate of drug-likeness (QED) is 0.416. The number of carbonyl (C=O) groups excluding carboxylic acids is 4. The van der Waals surface area contributed by atoms with E-state index < -0.39 is 11.3 Å². The molecule has 8 heteroatoms. The van der Waals surface area contributed by atoms with Gasteiger partial charge in [-0.2, -0.15) is 0 Å². The predicted molar refractivity (Wildman–Crippen MR) is 120 cm³/mol. The maximum Gasteiger partial charge on any atom is 0.240 e. The number of rotatable bonds is 9. The molecule has 2 aliphatic rings. The van der Waals surface area contributed by atoms with Gasteiger partial charge >= 0.3 is 0 Å². The minimum Gasteiger partial charge on any atom is -0.385 e. The molecule has 1 aromatic rings. The monoisotopic (exact) mass is 462 g/mol. The second-order valence-corrected chi connectivity index (χ2v) is 9.02. The summed E-state index contributed by atoms with van der Waals surface area (Å²) in [6.45, 7) is 3.41. The average molecular weight is 463 g/mol. The van der Waals surface area contributed by atoms with Gasteiger partial charge in [0.05, 0.1) is 5.41 Å². The topological polar surface area (TPSA) is 84.0 Å². The zero-order chi connectivity index (χ0) is 23.3. The molecule has 0 saturated carbocycles. The summed E-state index contributed by atoms with van der Waals surface area (Å²) in [5.74, 6) is -0.937. The highest BCUT2D eigenvalue weighted by Gasteiger charge is 2.54. The zero-order valence-corrected chi connectivity index (χ0v) is 19.5. The Balaban J connectivity index is 1.89.